The van der Waals surface area contributed by atoms with Crippen LogP contribution < -0.4 is 10.6 Å². The molecule has 0 fully saturated rings. The first-order valence-corrected chi connectivity index (χ1v) is 6.89. The van der Waals surface area contributed by atoms with Crippen LogP contribution in [0.4, 0.5) is 10.1 Å². The molecule has 0 bridgehead atoms. The first kappa shape index (κ1) is 15.3. The van der Waals surface area contributed by atoms with E-state index < -0.39 is 0 Å². The number of amides is 1. The summed E-state index contributed by atoms with van der Waals surface area (Å²) in [6.45, 7) is 2.29. The highest BCUT2D eigenvalue weighted by Gasteiger charge is 2.10. The molecule has 21 heavy (non-hydrogen) atoms. The van der Waals surface area contributed by atoms with Crippen molar-refractivity contribution in [1.29, 1.82) is 0 Å². The molecule has 3 nitrogen and oxygen atoms in total. The molecular weight excluding hydrogens is 291 g/mol. The van der Waals surface area contributed by atoms with Gasteiger partial charge in [-0.25, -0.2) is 4.39 Å². The van der Waals surface area contributed by atoms with Crippen molar-refractivity contribution in [3.05, 3.63) is 63.9 Å². The SMILES string of the molecule is CNC(=O)c1cccc(NCc2cc(F)cc(Cl)c2)c1C. The molecule has 0 aliphatic carbocycles. The molecule has 110 valence electrons. The van der Waals surface area contributed by atoms with Gasteiger partial charge in [-0.15, -0.1) is 0 Å². The van der Waals surface area contributed by atoms with Gasteiger partial charge in [-0.1, -0.05) is 17.7 Å². The van der Waals surface area contributed by atoms with Gasteiger partial charge >= 0.3 is 0 Å². The van der Waals surface area contributed by atoms with Gasteiger partial charge in [-0.05, 0) is 48.4 Å². The summed E-state index contributed by atoms with van der Waals surface area (Å²) < 4.78 is 13.3. The van der Waals surface area contributed by atoms with Crippen molar-refractivity contribution < 1.29 is 9.18 Å². The van der Waals surface area contributed by atoms with E-state index in [2.05, 4.69) is 10.6 Å². The van der Waals surface area contributed by atoms with Crippen molar-refractivity contribution in [1.82, 2.24) is 5.32 Å². The largest absolute Gasteiger partial charge is 0.381 e. The molecule has 0 heterocycles. The van der Waals surface area contributed by atoms with Crippen LogP contribution in [0.1, 0.15) is 21.5 Å². The highest BCUT2D eigenvalue weighted by molar-refractivity contribution is 6.30. The number of hydrogen-bond donors (Lipinski definition) is 2. The number of nitrogens with one attached hydrogen (secondary N) is 2. The molecule has 2 aromatic carbocycles. The lowest BCUT2D eigenvalue weighted by Crippen LogP contribution is -2.19. The fraction of sp³-hybridized carbons (Fsp3) is 0.188. The van der Waals surface area contributed by atoms with Gasteiger partial charge in [0.25, 0.3) is 5.91 Å². The van der Waals surface area contributed by atoms with E-state index in [1.165, 1.54) is 12.1 Å². The summed E-state index contributed by atoms with van der Waals surface area (Å²) in [5.74, 6) is -0.500. The van der Waals surface area contributed by atoms with Crippen LogP contribution >= 0.6 is 11.6 Å². The summed E-state index contributed by atoms with van der Waals surface area (Å²) >= 11 is 5.83. The quantitative estimate of drug-likeness (QED) is 0.903. The normalized spacial score (nSPS) is 10.3. The van der Waals surface area contributed by atoms with Crippen LogP contribution in [0.3, 0.4) is 0 Å². The van der Waals surface area contributed by atoms with Crippen LogP contribution in [-0.4, -0.2) is 13.0 Å². The second-order valence-electron chi connectivity index (χ2n) is 4.69. The second-order valence-corrected chi connectivity index (χ2v) is 5.12. The van der Waals surface area contributed by atoms with Gasteiger partial charge in [0.05, 0.1) is 0 Å². The summed E-state index contributed by atoms with van der Waals surface area (Å²) in [7, 11) is 1.59. The average molecular weight is 307 g/mol. The van der Waals surface area contributed by atoms with Gasteiger partial charge in [0.1, 0.15) is 5.82 Å². The Morgan fingerprint density at radius 2 is 2.05 bits per heavy atom. The van der Waals surface area contributed by atoms with Gasteiger partial charge in [-0.3, -0.25) is 4.79 Å². The zero-order chi connectivity index (χ0) is 15.4. The van der Waals surface area contributed by atoms with Gasteiger partial charge in [-0.2, -0.15) is 0 Å². The van der Waals surface area contributed by atoms with Crippen molar-refractivity contribution in [2.75, 3.05) is 12.4 Å². The molecule has 0 aliphatic rings. The molecule has 1 amide bonds. The number of halogens is 2. The Morgan fingerprint density at radius 3 is 2.71 bits per heavy atom. The van der Waals surface area contributed by atoms with Gasteiger partial charge in [0.2, 0.25) is 0 Å². The zero-order valence-electron chi connectivity index (χ0n) is 11.8. The molecule has 0 unspecified atom stereocenters. The van der Waals surface area contributed by atoms with Crippen LogP contribution in [0.25, 0.3) is 0 Å². The number of anilines is 1. The van der Waals surface area contributed by atoms with E-state index in [9.17, 15) is 9.18 Å². The smallest absolute Gasteiger partial charge is 0.251 e. The molecule has 5 heteroatoms. The molecular formula is C16H16ClFN2O. The minimum absolute atomic E-state index is 0.134. The third-order valence-electron chi connectivity index (χ3n) is 3.21. The molecule has 0 spiro atoms. The molecule has 0 saturated carbocycles. The lowest BCUT2D eigenvalue weighted by atomic mass is 10.1. The minimum Gasteiger partial charge on any atom is -0.381 e. The molecule has 2 rings (SSSR count). The standard InChI is InChI=1S/C16H16ClFN2O/c1-10-14(16(21)19-2)4-3-5-15(10)20-9-11-6-12(17)8-13(18)7-11/h3-8,20H,9H2,1-2H3,(H,19,21). The minimum atomic E-state index is -0.366. The van der Waals surface area contributed by atoms with Crippen LogP contribution in [0.15, 0.2) is 36.4 Å². The lowest BCUT2D eigenvalue weighted by Gasteiger charge is -2.13. The number of carbonyl (C=O) groups is 1. The number of rotatable bonds is 4. The average Bonchev–Trinajstić information content (AvgIpc) is 2.44. The van der Waals surface area contributed by atoms with E-state index in [0.29, 0.717) is 17.1 Å². The number of hydrogen-bond acceptors (Lipinski definition) is 2. The monoisotopic (exact) mass is 306 g/mol. The van der Waals surface area contributed by atoms with E-state index in [0.717, 1.165) is 16.8 Å². The topological polar surface area (TPSA) is 41.1 Å². The molecule has 0 aliphatic heterocycles. The van der Waals surface area contributed by atoms with Crippen LogP contribution in [0, 0.1) is 12.7 Å². The maximum Gasteiger partial charge on any atom is 0.251 e. The molecule has 0 atom stereocenters. The van der Waals surface area contributed by atoms with E-state index in [1.807, 2.05) is 13.0 Å². The van der Waals surface area contributed by atoms with Gasteiger partial charge in [0, 0.05) is 29.9 Å². The van der Waals surface area contributed by atoms with Crippen LogP contribution in [0.5, 0.6) is 0 Å². The van der Waals surface area contributed by atoms with E-state index in [-0.39, 0.29) is 11.7 Å². The van der Waals surface area contributed by atoms with Crippen molar-refractivity contribution in [2.24, 2.45) is 0 Å². The summed E-state index contributed by atoms with van der Waals surface area (Å²) in [5.41, 5.74) is 3.03. The van der Waals surface area contributed by atoms with E-state index in [4.69, 9.17) is 11.6 Å². The maximum atomic E-state index is 13.3. The molecule has 0 saturated heterocycles. The Morgan fingerprint density at radius 1 is 1.29 bits per heavy atom. The highest BCUT2D eigenvalue weighted by Crippen LogP contribution is 2.21. The molecule has 2 N–H and O–H groups in total. The maximum absolute atomic E-state index is 13.3. The first-order chi connectivity index (χ1) is 10.0. The molecule has 0 aromatic heterocycles. The van der Waals surface area contributed by atoms with Crippen LogP contribution in [0.2, 0.25) is 5.02 Å². The highest BCUT2D eigenvalue weighted by atomic mass is 35.5. The summed E-state index contributed by atoms with van der Waals surface area (Å²) in [6, 6.07) is 9.84. The lowest BCUT2D eigenvalue weighted by molar-refractivity contribution is 0.0962. The fourth-order valence-electron chi connectivity index (χ4n) is 2.12. The second kappa shape index (κ2) is 6.59. The van der Waals surface area contributed by atoms with E-state index >= 15 is 0 Å². The Balaban J connectivity index is 2.18. The summed E-state index contributed by atoms with van der Waals surface area (Å²) in [5, 5.41) is 6.17. The van der Waals surface area contributed by atoms with Crippen molar-refractivity contribution in [3.8, 4) is 0 Å². The summed E-state index contributed by atoms with van der Waals surface area (Å²) in [4.78, 5) is 11.7. The Kier molecular flexibility index (Phi) is 4.81. The predicted octanol–water partition coefficient (Wildman–Crippen LogP) is 3.76. The van der Waals surface area contributed by atoms with Gasteiger partial charge < -0.3 is 10.6 Å². The van der Waals surface area contributed by atoms with Crippen molar-refractivity contribution >= 4 is 23.2 Å². The predicted molar refractivity (Wildman–Crippen MR) is 83.3 cm³/mol. The number of benzene rings is 2. The molecule has 2 aromatic rings. The van der Waals surface area contributed by atoms with Crippen molar-refractivity contribution in [3.63, 3.8) is 0 Å². The summed E-state index contributed by atoms with van der Waals surface area (Å²) in [6.07, 6.45) is 0. The zero-order valence-corrected chi connectivity index (χ0v) is 12.6. The Labute approximate surface area is 128 Å². The first-order valence-electron chi connectivity index (χ1n) is 6.52. The van der Waals surface area contributed by atoms with E-state index in [1.54, 1.807) is 25.2 Å². The Bertz CT molecular complexity index is 653. The Hall–Kier alpha value is -2.07. The fourth-order valence-corrected chi connectivity index (χ4v) is 2.36. The molecule has 0 radical (unpaired) electrons. The number of carbonyl (C=O) groups excluding carboxylic acids is 1. The van der Waals surface area contributed by atoms with Crippen molar-refractivity contribution in [2.45, 2.75) is 13.5 Å². The van der Waals surface area contributed by atoms with Gasteiger partial charge in [0.15, 0.2) is 0 Å². The van der Waals surface area contributed by atoms with Crippen LogP contribution in [-0.2, 0) is 6.54 Å². The third-order valence-corrected chi connectivity index (χ3v) is 3.43. The third kappa shape index (κ3) is 3.73.